The van der Waals surface area contributed by atoms with Crippen molar-refractivity contribution in [1.29, 1.82) is 0 Å². The molecule has 0 saturated heterocycles. The molecule has 1 fully saturated rings. The van der Waals surface area contributed by atoms with Gasteiger partial charge in [0.15, 0.2) is 0 Å². The molecule has 1 atom stereocenters. The molecule has 2 aliphatic rings. The first-order chi connectivity index (χ1) is 14.1. The number of rotatable bonds is 6. The molecule has 1 aliphatic carbocycles. The third kappa shape index (κ3) is 3.91. The average molecular weight is 391 g/mol. The van der Waals surface area contributed by atoms with Crippen LogP contribution < -0.4 is 5.32 Å². The number of carbonyl (C=O) groups excluding carboxylic acids is 1. The molecule has 152 valence electrons. The first-order valence-corrected chi connectivity index (χ1v) is 10.8. The Balaban J connectivity index is 1.61. The fraction of sp³-hybridized carbons (Fsp3) is 0.458. The number of nitrogens with zero attached hydrogens (tertiary/aromatic N) is 3. The van der Waals surface area contributed by atoms with E-state index in [0.29, 0.717) is 12.6 Å². The van der Waals surface area contributed by atoms with Gasteiger partial charge in [0.2, 0.25) is 0 Å². The van der Waals surface area contributed by atoms with Crippen LogP contribution in [-0.2, 0) is 11.3 Å². The molecule has 0 radical (unpaired) electrons. The minimum absolute atomic E-state index is 0.144. The fourth-order valence-corrected chi connectivity index (χ4v) is 4.47. The molecule has 1 N–H and O–H groups in total. The van der Waals surface area contributed by atoms with E-state index in [1.165, 1.54) is 32.1 Å². The summed E-state index contributed by atoms with van der Waals surface area (Å²) in [6, 6.07) is 6.68. The van der Waals surface area contributed by atoms with Crippen LogP contribution in [0.4, 0.5) is 5.82 Å². The molecule has 1 aliphatic heterocycles. The van der Waals surface area contributed by atoms with Crippen LogP contribution in [0.15, 0.2) is 31.0 Å². The largest absolute Gasteiger partial charge is 0.367 e. The molecule has 4 rings (SSSR count). The topological polar surface area (TPSA) is 58.1 Å². The van der Waals surface area contributed by atoms with E-state index in [9.17, 15) is 4.79 Å². The predicted molar refractivity (Wildman–Crippen MR) is 117 cm³/mol. The molecule has 3 heterocycles. The van der Waals surface area contributed by atoms with Crippen LogP contribution in [0.2, 0.25) is 0 Å². The van der Waals surface area contributed by atoms with Crippen LogP contribution in [0.5, 0.6) is 0 Å². The van der Waals surface area contributed by atoms with E-state index in [-0.39, 0.29) is 6.04 Å². The highest BCUT2D eigenvalue weighted by Crippen LogP contribution is 2.35. The molecule has 5 nitrogen and oxygen atoms in total. The number of fused-ring (bicyclic) bond motifs is 1. The normalized spacial score (nSPS) is 17.9. The second-order valence-electron chi connectivity index (χ2n) is 8.25. The Morgan fingerprint density at radius 3 is 2.83 bits per heavy atom. The SMILES string of the molecule is C=C1c2nc(-c3cc(NC4CCCCC4)ncc3C)ccc2CN1C(C=O)CC. The Morgan fingerprint density at radius 1 is 1.31 bits per heavy atom. The molecule has 1 saturated carbocycles. The van der Waals surface area contributed by atoms with Gasteiger partial charge in [-0.3, -0.25) is 0 Å². The van der Waals surface area contributed by atoms with Crippen molar-refractivity contribution in [3.05, 3.63) is 47.8 Å². The second-order valence-corrected chi connectivity index (χ2v) is 8.25. The summed E-state index contributed by atoms with van der Waals surface area (Å²) < 4.78 is 0. The third-order valence-electron chi connectivity index (χ3n) is 6.25. The second kappa shape index (κ2) is 8.36. The van der Waals surface area contributed by atoms with Crippen molar-refractivity contribution in [3.8, 4) is 11.3 Å². The van der Waals surface area contributed by atoms with Crippen molar-refractivity contribution in [2.45, 2.75) is 71.0 Å². The lowest BCUT2D eigenvalue weighted by Crippen LogP contribution is -2.30. The van der Waals surface area contributed by atoms with Crippen molar-refractivity contribution in [2.24, 2.45) is 0 Å². The Morgan fingerprint density at radius 2 is 2.10 bits per heavy atom. The summed E-state index contributed by atoms with van der Waals surface area (Å²) in [6.45, 7) is 9.02. The lowest BCUT2D eigenvalue weighted by atomic mass is 9.95. The zero-order valence-corrected chi connectivity index (χ0v) is 17.4. The monoisotopic (exact) mass is 390 g/mol. The van der Waals surface area contributed by atoms with Gasteiger partial charge >= 0.3 is 0 Å². The van der Waals surface area contributed by atoms with Crippen LogP contribution >= 0.6 is 0 Å². The number of aldehydes is 1. The van der Waals surface area contributed by atoms with Gasteiger partial charge in [-0.05, 0) is 49.4 Å². The average Bonchev–Trinajstić information content (AvgIpc) is 3.07. The van der Waals surface area contributed by atoms with Crippen LogP contribution in [0.25, 0.3) is 17.0 Å². The number of nitrogens with one attached hydrogen (secondary N) is 1. The van der Waals surface area contributed by atoms with Gasteiger partial charge in [-0.2, -0.15) is 0 Å². The van der Waals surface area contributed by atoms with Gasteiger partial charge < -0.3 is 15.0 Å². The maximum atomic E-state index is 11.4. The summed E-state index contributed by atoms with van der Waals surface area (Å²) in [5.41, 5.74) is 6.00. The molecule has 2 aromatic heterocycles. The Kier molecular flexibility index (Phi) is 5.65. The van der Waals surface area contributed by atoms with Crippen molar-refractivity contribution in [3.63, 3.8) is 0 Å². The number of aryl methyl sites for hydroxylation is 1. The van der Waals surface area contributed by atoms with Gasteiger partial charge in [-0.25, -0.2) is 9.97 Å². The first-order valence-electron chi connectivity index (χ1n) is 10.8. The molecule has 2 aromatic rings. The van der Waals surface area contributed by atoms with Crippen molar-refractivity contribution in [2.75, 3.05) is 5.32 Å². The molecule has 0 aromatic carbocycles. The van der Waals surface area contributed by atoms with E-state index >= 15 is 0 Å². The third-order valence-corrected chi connectivity index (χ3v) is 6.25. The summed E-state index contributed by atoms with van der Waals surface area (Å²) in [5, 5.41) is 3.61. The van der Waals surface area contributed by atoms with Crippen molar-refractivity contribution < 1.29 is 4.79 Å². The minimum atomic E-state index is -0.144. The fourth-order valence-electron chi connectivity index (χ4n) is 4.47. The highest BCUT2D eigenvalue weighted by molar-refractivity contribution is 5.74. The van der Waals surface area contributed by atoms with E-state index in [4.69, 9.17) is 4.98 Å². The van der Waals surface area contributed by atoms with Gasteiger partial charge in [0, 0.05) is 24.3 Å². The highest BCUT2D eigenvalue weighted by Gasteiger charge is 2.29. The zero-order chi connectivity index (χ0) is 20.4. The number of carbonyl (C=O) groups is 1. The van der Waals surface area contributed by atoms with Gasteiger partial charge in [0.1, 0.15) is 12.1 Å². The molecule has 29 heavy (non-hydrogen) atoms. The van der Waals surface area contributed by atoms with Gasteiger partial charge in [0.25, 0.3) is 0 Å². The summed E-state index contributed by atoms with van der Waals surface area (Å²) in [7, 11) is 0. The van der Waals surface area contributed by atoms with Crippen molar-refractivity contribution >= 4 is 17.8 Å². The molecule has 0 bridgehead atoms. The molecule has 5 heteroatoms. The number of hydrogen-bond acceptors (Lipinski definition) is 5. The summed E-state index contributed by atoms with van der Waals surface area (Å²) in [6.07, 6.45) is 10.1. The summed E-state index contributed by atoms with van der Waals surface area (Å²) in [5.74, 6) is 0.923. The van der Waals surface area contributed by atoms with Crippen LogP contribution in [0.3, 0.4) is 0 Å². The van der Waals surface area contributed by atoms with Crippen LogP contribution in [0, 0.1) is 6.92 Å². The smallest absolute Gasteiger partial charge is 0.142 e. The van der Waals surface area contributed by atoms with E-state index in [0.717, 1.165) is 52.3 Å². The lowest BCUT2D eigenvalue weighted by molar-refractivity contribution is -0.111. The Bertz CT molecular complexity index is 917. The maximum Gasteiger partial charge on any atom is 0.142 e. The number of anilines is 1. The highest BCUT2D eigenvalue weighted by atomic mass is 16.1. The number of pyridine rings is 2. The Hall–Kier alpha value is -2.69. The van der Waals surface area contributed by atoms with E-state index < -0.39 is 0 Å². The molecular weight excluding hydrogens is 360 g/mol. The lowest BCUT2D eigenvalue weighted by Gasteiger charge is -2.24. The Labute approximate surface area is 173 Å². The molecular formula is C24H30N4O. The maximum absolute atomic E-state index is 11.4. The zero-order valence-electron chi connectivity index (χ0n) is 17.4. The summed E-state index contributed by atoms with van der Waals surface area (Å²) >= 11 is 0. The van der Waals surface area contributed by atoms with Crippen LogP contribution in [-0.4, -0.2) is 33.2 Å². The van der Waals surface area contributed by atoms with Crippen LogP contribution in [0.1, 0.15) is 62.3 Å². The molecule has 0 spiro atoms. The van der Waals surface area contributed by atoms with Gasteiger partial charge in [0.05, 0.1) is 23.1 Å². The first kappa shape index (κ1) is 19.6. The van der Waals surface area contributed by atoms with Crippen molar-refractivity contribution in [1.82, 2.24) is 14.9 Å². The molecule has 1 unspecified atom stereocenters. The minimum Gasteiger partial charge on any atom is -0.367 e. The number of aromatic nitrogens is 2. The standard InChI is InChI=1S/C24H30N4O/c1-4-20(15-29)28-14-18-10-11-22(27-24(18)17(28)3)21-12-23(25-13-16(21)2)26-19-8-6-5-7-9-19/h10-13,15,19-20H,3-9,14H2,1-2H3,(H,25,26). The van der Waals surface area contributed by atoms with Gasteiger partial charge in [-0.1, -0.05) is 38.8 Å². The van der Waals surface area contributed by atoms with E-state index in [1.54, 1.807) is 0 Å². The van der Waals surface area contributed by atoms with E-state index in [1.807, 2.05) is 13.1 Å². The summed E-state index contributed by atoms with van der Waals surface area (Å²) in [4.78, 5) is 23.0. The quantitative estimate of drug-likeness (QED) is 0.707. The number of hydrogen-bond donors (Lipinski definition) is 1. The predicted octanol–water partition coefficient (Wildman–Crippen LogP) is 4.96. The molecule has 0 amide bonds. The van der Waals surface area contributed by atoms with Gasteiger partial charge in [-0.15, -0.1) is 0 Å². The van der Waals surface area contributed by atoms with E-state index in [2.05, 4.69) is 46.9 Å².